The number of rotatable bonds is 9. The fraction of sp³-hybridized carbons (Fsp3) is 0.219. The van der Waals surface area contributed by atoms with Crippen LogP contribution in [-0.4, -0.2) is 31.4 Å². The van der Waals surface area contributed by atoms with E-state index in [1.807, 2.05) is 48.5 Å². The maximum absolute atomic E-state index is 13.9. The molecular formula is C32H29ClN2O6S. The quantitative estimate of drug-likeness (QED) is 0.249. The number of hydrogen-bond donors (Lipinski definition) is 0. The summed E-state index contributed by atoms with van der Waals surface area (Å²) in [6, 6.07) is 19.5. The molecule has 8 nitrogen and oxygen atoms in total. The van der Waals surface area contributed by atoms with Crippen LogP contribution in [0.5, 0.6) is 17.2 Å². The summed E-state index contributed by atoms with van der Waals surface area (Å²) in [5, 5.41) is 0.661. The maximum Gasteiger partial charge on any atom is 0.338 e. The van der Waals surface area contributed by atoms with Crippen LogP contribution in [0.1, 0.15) is 36.6 Å². The highest BCUT2D eigenvalue weighted by Gasteiger charge is 2.33. The first-order valence-corrected chi connectivity index (χ1v) is 14.4. The number of aromatic nitrogens is 1. The minimum absolute atomic E-state index is 0.205. The van der Waals surface area contributed by atoms with E-state index in [2.05, 4.69) is 4.99 Å². The Morgan fingerprint density at radius 3 is 2.43 bits per heavy atom. The van der Waals surface area contributed by atoms with E-state index in [0.717, 1.165) is 16.7 Å². The van der Waals surface area contributed by atoms with Crippen molar-refractivity contribution in [3.63, 3.8) is 0 Å². The molecule has 1 aromatic heterocycles. The fourth-order valence-corrected chi connectivity index (χ4v) is 5.85. The molecule has 0 radical (unpaired) electrons. The predicted octanol–water partition coefficient (Wildman–Crippen LogP) is 5.05. The van der Waals surface area contributed by atoms with Gasteiger partial charge < -0.3 is 18.9 Å². The first-order chi connectivity index (χ1) is 20.3. The normalized spacial score (nSPS) is 14.7. The van der Waals surface area contributed by atoms with Crippen molar-refractivity contribution in [1.82, 2.24) is 4.57 Å². The molecule has 2 heterocycles. The Hall–Kier alpha value is -4.34. The summed E-state index contributed by atoms with van der Waals surface area (Å²) >= 11 is 7.23. The Morgan fingerprint density at radius 1 is 1.02 bits per heavy atom. The highest BCUT2D eigenvalue weighted by atomic mass is 35.5. The van der Waals surface area contributed by atoms with Gasteiger partial charge in [-0.2, -0.15) is 0 Å². The summed E-state index contributed by atoms with van der Waals surface area (Å²) < 4.78 is 24.2. The number of esters is 1. The smallest absolute Gasteiger partial charge is 0.338 e. The second-order valence-electron chi connectivity index (χ2n) is 9.40. The second kappa shape index (κ2) is 12.7. The molecule has 0 saturated carbocycles. The summed E-state index contributed by atoms with van der Waals surface area (Å²) in [6.07, 6.45) is 1.78. The number of carbonyl (C=O) groups excluding carboxylic acids is 1. The number of nitrogens with zero attached hydrogens (tertiary/aromatic N) is 2. The van der Waals surface area contributed by atoms with Crippen LogP contribution in [0.4, 0.5) is 0 Å². The summed E-state index contributed by atoms with van der Waals surface area (Å²) in [7, 11) is 3.15. The largest absolute Gasteiger partial charge is 0.497 e. The number of benzene rings is 3. The number of halogens is 1. The molecule has 3 aromatic carbocycles. The van der Waals surface area contributed by atoms with Crippen LogP contribution in [0, 0.1) is 0 Å². The van der Waals surface area contributed by atoms with Crippen molar-refractivity contribution in [2.45, 2.75) is 26.5 Å². The zero-order chi connectivity index (χ0) is 29.8. The van der Waals surface area contributed by atoms with Crippen molar-refractivity contribution >= 4 is 35.0 Å². The second-order valence-corrected chi connectivity index (χ2v) is 10.8. The molecular weight excluding hydrogens is 576 g/mol. The lowest BCUT2D eigenvalue weighted by Gasteiger charge is -2.24. The number of allylic oxidation sites excluding steroid dienone is 1. The number of hydrogen-bond acceptors (Lipinski definition) is 8. The van der Waals surface area contributed by atoms with E-state index in [4.69, 9.17) is 30.5 Å². The van der Waals surface area contributed by atoms with Gasteiger partial charge >= 0.3 is 5.97 Å². The van der Waals surface area contributed by atoms with E-state index in [1.165, 1.54) is 11.3 Å². The van der Waals surface area contributed by atoms with Crippen LogP contribution >= 0.6 is 22.9 Å². The molecule has 0 aliphatic carbocycles. The Labute approximate surface area is 251 Å². The van der Waals surface area contributed by atoms with Crippen molar-refractivity contribution in [3.05, 3.63) is 119 Å². The average molecular weight is 605 g/mol. The molecule has 0 amide bonds. The molecule has 216 valence electrons. The fourth-order valence-electron chi connectivity index (χ4n) is 4.68. The molecule has 1 aliphatic rings. The Bertz CT molecular complexity index is 1820. The molecule has 0 spiro atoms. The molecule has 0 saturated heterocycles. The highest BCUT2D eigenvalue weighted by molar-refractivity contribution is 7.07. The van der Waals surface area contributed by atoms with Gasteiger partial charge in [0.1, 0.15) is 12.4 Å². The van der Waals surface area contributed by atoms with Crippen molar-refractivity contribution in [2.75, 3.05) is 20.8 Å². The van der Waals surface area contributed by atoms with Gasteiger partial charge in [0.2, 0.25) is 0 Å². The molecule has 5 rings (SSSR count). The van der Waals surface area contributed by atoms with Gasteiger partial charge in [0.15, 0.2) is 16.3 Å². The molecule has 4 aromatic rings. The zero-order valence-electron chi connectivity index (χ0n) is 23.5. The monoisotopic (exact) mass is 604 g/mol. The van der Waals surface area contributed by atoms with E-state index in [-0.39, 0.29) is 12.2 Å². The van der Waals surface area contributed by atoms with Crippen LogP contribution in [-0.2, 0) is 16.1 Å². The van der Waals surface area contributed by atoms with Crippen LogP contribution < -0.4 is 29.1 Å². The van der Waals surface area contributed by atoms with Crippen molar-refractivity contribution in [1.29, 1.82) is 0 Å². The first kappa shape index (κ1) is 29.2. The van der Waals surface area contributed by atoms with Gasteiger partial charge in [0.05, 0.1) is 42.7 Å². The summed E-state index contributed by atoms with van der Waals surface area (Å²) in [4.78, 5) is 32.1. The predicted molar refractivity (Wildman–Crippen MR) is 162 cm³/mol. The minimum Gasteiger partial charge on any atom is -0.497 e. The molecule has 0 N–H and O–H groups in total. The van der Waals surface area contributed by atoms with Gasteiger partial charge in [-0.25, -0.2) is 9.79 Å². The summed E-state index contributed by atoms with van der Waals surface area (Å²) in [6.45, 7) is 4.05. The zero-order valence-corrected chi connectivity index (χ0v) is 25.1. The lowest BCUT2D eigenvalue weighted by Crippen LogP contribution is -2.39. The Balaban J connectivity index is 1.53. The SMILES string of the molecule is CCOC(=O)C1=C(C)N=c2s/c(=C/c3ccc(OCc4ccc(Cl)cc4)c(OC)c3)c(=O)n2C1c1ccc(OC)cc1. The lowest BCUT2D eigenvalue weighted by molar-refractivity contribution is -0.139. The van der Waals surface area contributed by atoms with Gasteiger partial charge in [-0.3, -0.25) is 9.36 Å². The van der Waals surface area contributed by atoms with Crippen molar-refractivity contribution < 1.29 is 23.7 Å². The van der Waals surface area contributed by atoms with Gasteiger partial charge in [-0.15, -0.1) is 0 Å². The van der Waals surface area contributed by atoms with Crippen LogP contribution in [0.15, 0.2) is 87.8 Å². The standard InChI is InChI=1S/C32H29ClN2O6S/c1-5-40-31(37)28-19(2)34-32-35(29(28)22-9-13-24(38-3)14-10-22)30(36)27(42-32)17-21-8-15-25(26(16-21)39-4)41-18-20-6-11-23(33)12-7-20/h6-17,29H,5,18H2,1-4H3/b27-17+. The summed E-state index contributed by atoms with van der Waals surface area (Å²) in [5.41, 5.74) is 3.02. The Kier molecular flexibility index (Phi) is 8.80. The summed E-state index contributed by atoms with van der Waals surface area (Å²) in [5.74, 6) is 1.26. The number of carbonyl (C=O) groups is 1. The topological polar surface area (TPSA) is 88.4 Å². The van der Waals surface area contributed by atoms with E-state index >= 15 is 0 Å². The average Bonchev–Trinajstić information content (AvgIpc) is 3.30. The molecule has 1 aliphatic heterocycles. The van der Waals surface area contributed by atoms with E-state index in [9.17, 15) is 9.59 Å². The first-order valence-electron chi connectivity index (χ1n) is 13.2. The highest BCUT2D eigenvalue weighted by Crippen LogP contribution is 2.32. The van der Waals surface area contributed by atoms with Gasteiger partial charge in [0.25, 0.3) is 5.56 Å². The minimum atomic E-state index is -0.702. The number of ether oxygens (including phenoxy) is 4. The van der Waals surface area contributed by atoms with E-state index in [0.29, 0.717) is 49.5 Å². The third-order valence-electron chi connectivity index (χ3n) is 6.74. The lowest BCUT2D eigenvalue weighted by atomic mass is 9.96. The van der Waals surface area contributed by atoms with Gasteiger partial charge in [-0.1, -0.05) is 53.3 Å². The maximum atomic E-state index is 13.9. The Morgan fingerprint density at radius 2 is 1.76 bits per heavy atom. The molecule has 42 heavy (non-hydrogen) atoms. The van der Waals surface area contributed by atoms with Gasteiger partial charge in [0, 0.05) is 5.02 Å². The molecule has 1 atom stereocenters. The number of fused-ring (bicyclic) bond motifs is 1. The number of methoxy groups -OCH3 is 2. The van der Waals surface area contributed by atoms with Crippen molar-refractivity contribution in [2.24, 2.45) is 4.99 Å². The van der Waals surface area contributed by atoms with Crippen molar-refractivity contribution in [3.8, 4) is 17.2 Å². The third kappa shape index (κ3) is 5.98. The van der Waals surface area contributed by atoms with E-state index < -0.39 is 12.0 Å². The van der Waals surface area contributed by atoms with Crippen LogP contribution in [0.3, 0.4) is 0 Å². The van der Waals surface area contributed by atoms with Crippen LogP contribution in [0.2, 0.25) is 5.02 Å². The molecule has 10 heteroatoms. The third-order valence-corrected chi connectivity index (χ3v) is 7.98. The van der Waals surface area contributed by atoms with E-state index in [1.54, 1.807) is 56.9 Å². The molecule has 0 fully saturated rings. The molecule has 0 bridgehead atoms. The van der Waals surface area contributed by atoms with Crippen LogP contribution in [0.25, 0.3) is 6.08 Å². The number of thiazole rings is 1. The molecule has 1 unspecified atom stereocenters. The van der Waals surface area contributed by atoms with Gasteiger partial charge in [-0.05, 0) is 73.0 Å².